The number of benzene rings is 1. The average Bonchev–Trinajstić information content (AvgIpc) is 2.67. The van der Waals surface area contributed by atoms with Crippen LogP contribution in [0.2, 0.25) is 0 Å². The molecule has 0 amide bonds. The highest BCUT2D eigenvalue weighted by molar-refractivity contribution is 5.73. The summed E-state index contributed by atoms with van der Waals surface area (Å²) < 4.78 is 5.45. The summed E-state index contributed by atoms with van der Waals surface area (Å²) in [5.41, 5.74) is 8.78. The number of nitrogens with zero attached hydrogens (tertiary/aromatic N) is 1. The highest BCUT2D eigenvalue weighted by atomic mass is 16.3. The molecule has 98 valence electrons. The van der Waals surface area contributed by atoms with Gasteiger partial charge in [0.2, 0.25) is 0 Å². The Balaban J connectivity index is 1.84. The Hall–Kier alpha value is -1.39. The van der Waals surface area contributed by atoms with Crippen molar-refractivity contribution >= 4 is 11.1 Å². The fraction of sp³-hybridized carbons (Fsp3) is 0.500. The predicted octanol–water partition coefficient (Wildman–Crippen LogP) is 2.01. The zero-order chi connectivity index (χ0) is 13.0. The quantitative estimate of drug-likeness (QED) is 0.766. The third-order valence-corrected chi connectivity index (χ3v) is 2.93. The second-order valence-corrected chi connectivity index (χ2v) is 4.80. The van der Waals surface area contributed by atoms with Gasteiger partial charge >= 0.3 is 0 Å². The van der Waals surface area contributed by atoms with Crippen molar-refractivity contribution in [3.8, 4) is 0 Å². The first-order valence-electron chi connectivity index (χ1n) is 6.47. The first-order chi connectivity index (χ1) is 8.65. The van der Waals surface area contributed by atoms with Gasteiger partial charge in [-0.15, -0.1) is 0 Å². The number of nitrogens with two attached hydrogens (primary N) is 1. The maximum absolute atomic E-state index is 5.69. The summed E-state index contributed by atoms with van der Waals surface area (Å²) >= 11 is 0. The molecule has 0 aliphatic carbocycles. The first-order valence-corrected chi connectivity index (χ1v) is 6.47. The summed E-state index contributed by atoms with van der Waals surface area (Å²) in [4.78, 5) is 4.34. The van der Waals surface area contributed by atoms with Gasteiger partial charge in [0.05, 0.1) is 0 Å². The molecule has 4 nitrogen and oxygen atoms in total. The summed E-state index contributed by atoms with van der Waals surface area (Å²) in [6.45, 7) is 5.84. The van der Waals surface area contributed by atoms with Crippen LogP contribution in [-0.4, -0.2) is 24.1 Å². The summed E-state index contributed by atoms with van der Waals surface area (Å²) in [6.07, 6.45) is 2.02. The molecule has 4 heteroatoms. The second-order valence-electron chi connectivity index (χ2n) is 4.80. The lowest BCUT2D eigenvalue weighted by Gasteiger charge is -2.06. The van der Waals surface area contributed by atoms with Crippen molar-refractivity contribution in [2.45, 2.75) is 32.7 Å². The smallest absolute Gasteiger partial charge is 0.192 e. The van der Waals surface area contributed by atoms with E-state index in [2.05, 4.69) is 22.4 Å². The number of oxazole rings is 1. The van der Waals surface area contributed by atoms with Crippen molar-refractivity contribution in [3.63, 3.8) is 0 Å². The van der Waals surface area contributed by atoms with Crippen molar-refractivity contribution in [3.05, 3.63) is 29.7 Å². The molecule has 0 aliphatic heterocycles. The molecular weight excluding hydrogens is 226 g/mol. The SMILES string of the molecule is Cc1nc2cc(CCNCCC(C)N)ccc2o1. The number of aryl methyl sites for hydroxylation is 1. The van der Waals surface area contributed by atoms with E-state index in [0.717, 1.165) is 42.9 Å². The van der Waals surface area contributed by atoms with Crippen molar-refractivity contribution in [1.82, 2.24) is 10.3 Å². The monoisotopic (exact) mass is 247 g/mol. The van der Waals surface area contributed by atoms with E-state index in [-0.39, 0.29) is 6.04 Å². The molecule has 0 aliphatic rings. The summed E-state index contributed by atoms with van der Waals surface area (Å²) in [5.74, 6) is 0.720. The Morgan fingerprint density at radius 1 is 1.39 bits per heavy atom. The fourth-order valence-corrected chi connectivity index (χ4v) is 1.93. The van der Waals surface area contributed by atoms with E-state index in [1.165, 1.54) is 5.56 Å². The summed E-state index contributed by atoms with van der Waals surface area (Å²) in [6, 6.07) is 6.46. The van der Waals surface area contributed by atoms with E-state index in [1.54, 1.807) is 0 Å². The van der Waals surface area contributed by atoms with Crippen LogP contribution >= 0.6 is 0 Å². The summed E-state index contributed by atoms with van der Waals surface area (Å²) in [7, 11) is 0. The van der Waals surface area contributed by atoms with E-state index in [4.69, 9.17) is 10.2 Å². The highest BCUT2D eigenvalue weighted by Crippen LogP contribution is 2.16. The average molecular weight is 247 g/mol. The van der Waals surface area contributed by atoms with Crippen LogP contribution in [0.25, 0.3) is 11.1 Å². The Morgan fingerprint density at radius 2 is 2.22 bits per heavy atom. The Bertz CT molecular complexity index is 505. The number of aromatic nitrogens is 1. The number of hydrogen-bond acceptors (Lipinski definition) is 4. The Kier molecular flexibility index (Phi) is 4.33. The molecule has 2 rings (SSSR count). The zero-order valence-corrected chi connectivity index (χ0v) is 11.1. The minimum absolute atomic E-state index is 0.270. The Labute approximate surface area is 108 Å². The van der Waals surface area contributed by atoms with Crippen LogP contribution in [0.15, 0.2) is 22.6 Å². The lowest BCUT2D eigenvalue weighted by atomic mass is 10.1. The van der Waals surface area contributed by atoms with Crippen LogP contribution in [0.4, 0.5) is 0 Å². The molecule has 18 heavy (non-hydrogen) atoms. The van der Waals surface area contributed by atoms with E-state index in [0.29, 0.717) is 0 Å². The molecule has 0 bridgehead atoms. The molecule has 2 aromatic rings. The molecule has 1 aromatic carbocycles. The fourth-order valence-electron chi connectivity index (χ4n) is 1.93. The van der Waals surface area contributed by atoms with Crippen molar-refractivity contribution in [2.24, 2.45) is 5.73 Å². The normalized spacial score (nSPS) is 13.1. The maximum Gasteiger partial charge on any atom is 0.192 e. The molecular formula is C14H21N3O. The summed E-state index contributed by atoms with van der Waals surface area (Å²) in [5, 5.41) is 3.39. The lowest BCUT2D eigenvalue weighted by molar-refractivity contribution is 0.561. The largest absolute Gasteiger partial charge is 0.441 e. The van der Waals surface area contributed by atoms with E-state index in [9.17, 15) is 0 Å². The minimum Gasteiger partial charge on any atom is -0.441 e. The van der Waals surface area contributed by atoms with Crippen LogP contribution < -0.4 is 11.1 Å². The number of fused-ring (bicyclic) bond motifs is 1. The molecule has 0 saturated carbocycles. The van der Waals surface area contributed by atoms with Crippen molar-refractivity contribution < 1.29 is 4.42 Å². The van der Waals surface area contributed by atoms with Gasteiger partial charge in [0.25, 0.3) is 0 Å². The van der Waals surface area contributed by atoms with Gasteiger partial charge in [-0.05, 0) is 50.6 Å². The number of nitrogens with one attached hydrogen (secondary N) is 1. The molecule has 0 spiro atoms. The van der Waals surface area contributed by atoms with Crippen LogP contribution in [-0.2, 0) is 6.42 Å². The molecule has 1 atom stereocenters. The van der Waals surface area contributed by atoms with Gasteiger partial charge in [-0.3, -0.25) is 0 Å². The first kappa shape index (κ1) is 13.1. The van der Waals surface area contributed by atoms with Gasteiger partial charge in [-0.2, -0.15) is 0 Å². The van der Waals surface area contributed by atoms with Gasteiger partial charge in [0.15, 0.2) is 11.5 Å². The van der Waals surface area contributed by atoms with Gasteiger partial charge in [0, 0.05) is 13.0 Å². The minimum atomic E-state index is 0.270. The zero-order valence-electron chi connectivity index (χ0n) is 11.1. The topological polar surface area (TPSA) is 64.1 Å². The van der Waals surface area contributed by atoms with E-state index in [1.807, 2.05) is 19.9 Å². The third kappa shape index (κ3) is 3.55. The molecule has 1 heterocycles. The molecule has 0 saturated heterocycles. The van der Waals surface area contributed by atoms with Crippen LogP contribution in [0.5, 0.6) is 0 Å². The molecule has 0 fully saturated rings. The van der Waals surface area contributed by atoms with Crippen molar-refractivity contribution in [1.29, 1.82) is 0 Å². The number of hydrogen-bond donors (Lipinski definition) is 2. The second kappa shape index (κ2) is 5.98. The predicted molar refractivity (Wildman–Crippen MR) is 73.6 cm³/mol. The molecule has 0 radical (unpaired) electrons. The van der Waals surface area contributed by atoms with Gasteiger partial charge in [-0.1, -0.05) is 6.07 Å². The number of rotatable bonds is 6. The molecule has 3 N–H and O–H groups in total. The molecule has 1 unspecified atom stereocenters. The van der Waals surface area contributed by atoms with Gasteiger partial charge in [-0.25, -0.2) is 4.98 Å². The van der Waals surface area contributed by atoms with Crippen LogP contribution in [0.3, 0.4) is 0 Å². The van der Waals surface area contributed by atoms with Crippen LogP contribution in [0, 0.1) is 6.92 Å². The standard InChI is InChI=1S/C14H21N3O/c1-10(15)5-7-16-8-6-12-3-4-14-13(9-12)17-11(2)18-14/h3-4,9-10,16H,5-8,15H2,1-2H3. The van der Waals surface area contributed by atoms with Crippen LogP contribution in [0.1, 0.15) is 24.8 Å². The third-order valence-electron chi connectivity index (χ3n) is 2.93. The van der Waals surface area contributed by atoms with Gasteiger partial charge in [0.1, 0.15) is 5.52 Å². The highest BCUT2D eigenvalue weighted by Gasteiger charge is 2.03. The van der Waals surface area contributed by atoms with Crippen molar-refractivity contribution in [2.75, 3.05) is 13.1 Å². The maximum atomic E-state index is 5.69. The van der Waals surface area contributed by atoms with E-state index < -0.39 is 0 Å². The Morgan fingerprint density at radius 3 is 3.00 bits per heavy atom. The van der Waals surface area contributed by atoms with Gasteiger partial charge < -0.3 is 15.5 Å². The lowest BCUT2D eigenvalue weighted by Crippen LogP contribution is -2.25. The molecule has 1 aromatic heterocycles. The van der Waals surface area contributed by atoms with E-state index >= 15 is 0 Å².